The molecule has 2 heterocycles. The van der Waals surface area contributed by atoms with Crippen molar-refractivity contribution < 1.29 is 9.53 Å². The van der Waals surface area contributed by atoms with Crippen molar-refractivity contribution in [3.8, 4) is 0 Å². The van der Waals surface area contributed by atoms with Crippen molar-refractivity contribution in [1.82, 2.24) is 15.1 Å². The minimum absolute atomic E-state index is 0.0783. The lowest BCUT2D eigenvalue weighted by Gasteiger charge is -2.32. The Morgan fingerprint density at radius 2 is 2.27 bits per heavy atom. The van der Waals surface area contributed by atoms with Crippen molar-refractivity contribution in [2.24, 2.45) is 0 Å². The average molecular weight is 318 g/mol. The highest BCUT2D eigenvalue weighted by Crippen LogP contribution is 2.14. The molecule has 1 N–H and O–H groups in total. The van der Waals surface area contributed by atoms with Crippen molar-refractivity contribution in [2.45, 2.75) is 19.1 Å². The Morgan fingerprint density at radius 3 is 3.05 bits per heavy atom. The molecule has 1 aromatic carbocycles. The molecule has 1 unspecified atom stereocenters. The summed E-state index contributed by atoms with van der Waals surface area (Å²) >= 11 is 1.31. The molecule has 116 valence electrons. The average Bonchev–Trinajstić information content (AvgIpc) is 3.01. The molecule has 1 amide bonds. The minimum Gasteiger partial charge on any atom is -0.375 e. The Hall–Kier alpha value is -1.83. The van der Waals surface area contributed by atoms with Gasteiger partial charge in [0.15, 0.2) is 0 Å². The third-order valence-corrected chi connectivity index (χ3v) is 4.10. The molecule has 1 aliphatic rings. The SMILES string of the molecule is O=C(CC1CN(Cc2ccccc2)CCO1)Nc1nncs1. The first kappa shape index (κ1) is 15.1. The van der Waals surface area contributed by atoms with Gasteiger partial charge in [-0.05, 0) is 5.56 Å². The highest BCUT2D eigenvalue weighted by atomic mass is 32.1. The van der Waals surface area contributed by atoms with Crippen molar-refractivity contribution in [3.63, 3.8) is 0 Å². The van der Waals surface area contributed by atoms with Crippen LogP contribution in [-0.2, 0) is 16.1 Å². The molecule has 0 aliphatic carbocycles. The molecule has 6 nitrogen and oxygen atoms in total. The Bertz CT molecular complexity index is 591. The maximum Gasteiger partial charge on any atom is 0.228 e. The van der Waals surface area contributed by atoms with E-state index in [9.17, 15) is 4.79 Å². The lowest BCUT2D eigenvalue weighted by molar-refractivity contribution is -0.121. The van der Waals surface area contributed by atoms with Gasteiger partial charge in [-0.3, -0.25) is 9.69 Å². The fraction of sp³-hybridized carbons (Fsp3) is 0.400. The molecule has 0 saturated carbocycles. The fourth-order valence-electron chi connectivity index (χ4n) is 2.49. The molecule has 0 spiro atoms. The number of benzene rings is 1. The van der Waals surface area contributed by atoms with Crippen LogP contribution < -0.4 is 5.32 Å². The number of amides is 1. The van der Waals surface area contributed by atoms with Gasteiger partial charge in [0.25, 0.3) is 0 Å². The van der Waals surface area contributed by atoms with Gasteiger partial charge in [-0.1, -0.05) is 41.7 Å². The number of hydrogen-bond acceptors (Lipinski definition) is 6. The van der Waals surface area contributed by atoms with E-state index in [1.807, 2.05) is 18.2 Å². The molecule has 1 aromatic heterocycles. The summed E-state index contributed by atoms with van der Waals surface area (Å²) in [5.41, 5.74) is 2.87. The van der Waals surface area contributed by atoms with E-state index in [4.69, 9.17) is 4.74 Å². The van der Waals surface area contributed by atoms with E-state index in [-0.39, 0.29) is 12.0 Å². The molecule has 0 radical (unpaired) electrons. The second-order valence-corrected chi connectivity index (χ2v) is 6.04. The topological polar surface area (TPSA) is 67.3 Å². The van der Waals surface area contributed by atoms with Gasteiger partial charge in [0.1, 0.15) is 5.51 Å². The monoisotopic (exact) mass is 318 g/mol. The van der Waals surface area contributed by atoms with Crippen molar-refractivity contribution in [2.75, 3.05) is 25.0 Å². The van der Waals surface area contributed by atoms with Crippen LogP contribution in [-0.4, -0.2) is 46.8 Å². The highest BCUT2D eigenvalue weighted by Gasteiger charge is 2.23. The summed E-state index contributed by atoms with van der Waals surface area (Å²) in [7, 11) is 0. The van der Waals surface area contributed by atoms with Gasteiger partial charge in [-0.15, -0.1) is 10.2 Å². The fourth-order valence-corrected chi connectivity index (χ4v) is 2.95. The maximum absolute atomic E-state index is 12.0. The molecule has 1 atom stereocenters. The zero-order chi connectivity index (χ0) is 15.2. The largest absolute Gasteiger partial charge is 0.375 e. The normalized spacial score (nSPS) is 19.0. The molecule has 3 rings (SSSR count). The molecule has 1 saturated heterocycles. The summed E-state index contributed by atoms with van der Waals surface area (Å²) < 4.78 is 5.70. The molecular formula is C15H18N4O2S. The van der Waals surface area contributed by atoms with E-state index in [1.165, 1.54) is 16.9 Å². The van der Waals surface area contributed by atoms with Crippen LogP contribution in [0.25, 0.3) is 0 Å². The van der Waals surface area contributed by atoms with Crippen LogP contribution in [0.4, 0.5) is 5.13 Å². The molecule has 1 fully saturated rings. The van der Waals surface area contributed by atoms with Crippen LogP contribution >= 0.6 is 11.3 Å². The smallest absolute Gasteiger partial charge is 0.228 e. The number of carbonyl (C=O) groups excluding carboxylic acids is 1. The molecule has 7 heteroatoms. The summed E-state index contributed by atoms with van der Waals surface area (Å²) in [4.78, 5) is 14.3. The van der Waals surface area contributed by atoms with Crippen LogP contribution in [0.15, 0.2) is 35.8 Å². The van der Waals surface area contributed by atoms with Crippen molar-refractivity contribution in [1.29, 1.82) is 0 Å². The van der Waals surface area contributed by atoms with Crippen molar-refractivity contribution >= 4 is 22.4 Å². The van der Waals surface area contributed by atoms with Gasteiger partial charge in [0, 0.05) is 19.6 Å². The van der Waals surface area contributed by atoms with Crippen LogP contribution in [0.2, 0.25) is 0 Å². The van der Waals surface area contributed by atoms with Crippen LogP contribution in [0.1, 0.15) is 12.0 Å². The van der Waals surface area contributed by atoms with Crippen molar-refractivity contribution in [3.05, 3.63) is 41.4 Å². The van der Waals surface area contributed by atoms with E-state index in [1.54, 1.807) is 5.51 Å². The van der Waals surface area contributed by atoms with Gasteiger partial charge in [-0.25, -0.2) is 0 Å². The zero-order valence-electron chi connectivity index (χ0n) is 12.1. The van der Waals surface area contributed by atoms with E-state index >= 15 is 0 Å². The molecular weight excluding hydrogens is 300 g/mol. The quantitative estimate of drug-likeness (QED) is 0.910. The van der Waals surface area contributed by atoms with Crippen LogP contribution in [0.5, 0.6) is 0 Å². The number of anilines is 1. The number of nitrogens with one attached hydrogen (secondary N) is 1. The highest BCUT2D eigenvalue weighted by molar-refractivity contribution is 7.13. The first-order chi connectivity index (χ1) is 10.8. The van der Waals surface area contributed by atoms with Crippen LogP contribution in [0, 0.1) is 0 Å². The van der Waals surface area contributed by atoms with Gasteiger partial charge >= 0.3 is 0 Å². The second-order valence-electron chi connectivity index (χ2n) is 5.21. The minimum atomic E-state index is -0.0803. The summed E-state index contributed by atoms with van der Waals surface area (Å²) in [5, 5.41) is 10.8. The Morgan fingerprint density at radius 1 is 1.41 bits per heavy atom. The first-order valence-electron chi connectivity index (χ1n) is 7.23. The Balaban J connectivity index is 1.49. The molecule has 0 bridgehead atoms. The second kappa shape index (κ2) is 7.44. The molecule has 1 aliphatic heterocycles. The molecule has 22 heavy (non-hydrogen) atoms. The standard InChI is InChI=1S/C15H18N4O2S/c20-14(17-15-18-16-11-22-15)8-13-10-19(6-7-21-13)9-12-4-2-1-3-5-12/h1-5,11,13H,6-10H2,(H,17,18,20). The van der Waals surface area contributed by atoms with Gasteiger partial charge in [0.05, 0.1) is 19.1 Å². The molecule has 2 aromatic rings. The first-order valence-corrected chi connectivity index (χ1v) is 8.11. The third-order valence-electron chi connectivity index (χ3n) is 3.49. The number of morpholine rings is 1. The van der Waals surface area contributed by atoms with E-state index in [0.717, 1.165) is 19.6 Å². The van der Waals surface area contributed by atoms with Crippen LogP contribution in [0.3, 0.4) is 0 Å². The Kier molecular flexibility index (Phi) is 5.10. The third kappa shape index (κ3) is 4.33. The predicted octanol–water partition coefficient (Wildman–Crippen LogP) is 1.77. The number of rotatable bonds is 5. The summed E-state index contributed by atoms with van der Waals surface area (Å²) in [5.74, 6) is -0.0803. The number of hydrogen-bond donors (Lipinski definition) is 1. The zero-order valence-corrected chi connectivity index (χ0v) is 13.0. The van der Waals surface area contributed by atoms with E-state index in [0.29, 0.717) is 18.2 Å². The number of carbonyl (C=O) groups is 1. The maximum atomic E-state index is 12.0. The van der Waals surface area contributed by atoms with E-state index in [2.05, 4.69) is 32.5 Å². The lowest BCUT2D eigenvalue weighted by Crippen LogP contribution is -2.43. The lowest BCUT2D eigenvalue weighted by atomic mass is 10.1. The van der Waals surface area contributed by atoms with Gasteiger partial charge in [-0.2, -0.15) is 0 Å². The van der Waals surface area contributed by atoms with E-state index < -0.39 is 0 Å². The number of aromatic nitrogens is 2. The van der Waals surface area contributed by atoms with Gasteiger partial charge in [0.2, 0.25) is 11.0 Å². The summed E-state index contributed by atoms with van der Waals surface area (Å²) in [6.07, 6.45) is 0.260. The summed E-state index contributed by atoms with van der Waals surface area (Å²) in [6, 6.07) is 10.3. The number of nitrogens with zero attached hydrogens (tertiary/aromatic N) is 3. The predicted molar refractivity (Wildman–Crippen MR) is 84.6 cm³/mol. The Labute approximate surface area is 133 Å². The summed E-state index contributed by atoms with van der Waals surface area (Å²) in [6.45, 7) is 3.20. The number of ether oxygens (including phenoxy) is 1. The van der Waals surface area contributed by atoms with Gasteiger partial charge < -0.3 is 10.1 Å².